The molecule has 0 spiro atoms. The van der Waals surface area contributed by atoms with Gasteiger partial charge in [0.25, 0.3) is 0 Å². The highest BCUT2D eigenvalue weighted by molar-refractivity contribution is 6.31. The van der Waals surface area contributed by atoms with Crippen LogP contribution in [-0.2, 0) is 0 Å². The topological polar surface area (TPSA) is 21.3 Å². The first kappa shape index (κ1) is 13.5. The van der Waals surface area contributed by atoms with Crippen molar-refractivity contribution in [3.8, 4) is 5.75 Å². The van der Waals surface area contributed by atoms with E-state index in [0.29, 0.717) is 6.10 Å². The smallest absolute Gasteiger partial charge is 0.120 e. The highest BCUT2D eigenvalue weighted by Crippen LogP contribution is 2.32. The fraction of sp³-hybridized carbons (Fsp3) is 0.294. The first-order valence-electron chi connectivity index (χ1n) is 6.96. The Morgan fingerprint density at radius 2 is 1.95 bits per heavy atom. The zero-order chi connectivity index (χ0) is 13.9. The fourth-order valence-corrected chi connectivity index (χ4v) is 2.60. The molecule has 1 saturated carbocycles. The van der Waals surface area contributed by atoms with Gasteiger partial charge >= 0.3 is 0 Å². The third-order valence-corrected chi connectivity index (χ3v) is 3.87. The van der Waals surface area contributed by atoms with E-state index in [2.05, 4.69) is 23.5 Å². The lowest BCUT2D eigenvalue weighted by Crippen LogP contribution is -2.18. The Labute approximate surface area is 124 Å². The van der Waals surface area contributed by atoms with Crippen molar-refractivity contribution >= 4 is 11.6 Å². The van der Waals surface area contributed by atoms with Crippen molar-refractivity contribution in [1.29, 1.82) is 0 Å². The second kappa shape index (κ2) is 5.86. The van der Waals surface area contributed by atoms with E-state index in [1.54, 1.807) is 0 Å². The maximum Gasteiger partial charge on any atom is 0.120 e. The fourth-order valence-electron chi connectivity index (χ4n) is 2.36. The van der Waals surface area contributed by atoms with E-state index in [-0.39, 0.29) is 6.04 Å². The number of rotatable bonds is 5. The Balaban J connectivity index is 1.90. The second-order valence-electron chi connectivity index (χ2n) is 5.13. The van der Waals surface area contributed by atoms with Crippen molar-refractivity contribution < 1.29 is 4.74 Å². The average Bonchev–Trinajstić information content (AvgIpc) is 3.26. The summed E-state index contributed by atoms with van der Waals surface area (Å²) in [5.74, 6) is 0.942. The number of ether oxygens (including phenoxy) is 1. The Morgan fingerprint density at radius 3 is 2.65 bits per heavy atom. The van der Waals surface area contributed by atoms with Gasteiger partial charge in [0.05, 0.1) is 12.1 Å². The molecule has 1 aliphatic rings. The molecule has 2 aromatic carbocycles. The third-order valence-electron chi connectivity index (χ3n) is 3.52. The minimum absolute atomic E-state index is 0.0754. The summed E-state index contributed by atoms with van der Waals surface area (Å²) in [6.07, 6.45) is 2.76. The molecule has 1 aliphatic carbocycles. The zero-order valence-corrected chi connectivity index (χ0v) is 12.2. The van der Waals surface area contributed by atoms with Gasteiger partial charge < -0.3 is 10.1 Å². The second-order valence-corrected chi connectivity index (χ2v) is 5.54. The van der Waals surface area contributed by atoms with E-state index in [1.165, 1.54) is 18.4 Å². The summed E-state index contributed by atoms with van der Waals surface area (Å²) in [5, 5.41) is 4.11. The summed E-state index contributed by atoms with van der Waals surface area (Å²) in [7, 11) is 1.95. The van der Waals surface area contributed by atoms with Crippen LogP contribution in [-0.4, -0.2) is 13.2 Å². The van der Waals surface area contributed by atoms with Gasteiger partial charge in [-0.05, 0) is 49.2 Å². The Hall–Kier alpha value is -1.51. The minimum Gasteiger partial charge on any atom is -0.490 e. The maximum absolute atomic E-state index is 6.31. The standard InChI is InChI=1S/C17H18ClNO/c1-19-17(15-7-2-3-8-16(15)18)12-5-4-6-14(11-12)20-13-9-10-13/h2-8,11,13,17,19H,9-10H2,1H3. The lowest BCUT2D eigenvalue weighted by molar-refractivity contribution is 0.302. The largest absolute Gasteiger partial charge is 0.490 e. The molecule has 0 bridgehead atoms. The summed E-state index contributed by atoms with van der Waals surface area (Å²) in [6.45, 7) is 0. The van der Waals surface area contributed by atoms with Crippen LogP contribution in [0, 0.1) is 0 Å². The summed E-state index contributed by atoms with van der Waals surface area (Å²) in [4.78, 5) is 0. The van der Waals surface area contributed by atoms with Crippen molar-refractivity contribution in [1.82, 2.24) is 5.32 Å². The predicted octanol–water partition coefficient (Wildman–Crippen LogP) is 4.19. The molecular formula is C17H18ClNO. The van der Waals surface area contributed by atoms with Crippen LogP contribution in [0.2, 0.25) is 5.02 Å². The van der Waals surface area contributed by atoms with Gasteiger partial charge in [0.1, 0.15) is 5.75 Å². The zero-order valence-electron chi connectivity index (χ0n) is 11.5. The molecule has 1 N–H and O–H groups in total. The maximum atomic E-state index is 6.31. The van der Waals surface area contributed by atoms with Crippen LogP contribution >= 0.6 is 11.6 Å². The lowest BCUT2D eigenvalue weighted by atomic mass is 9.98. The van der Waals surface area contributed by atoms with E-state index >= 15 is 0 Å². The van der Waals surface area contributed by atoms with Gasteiger partial charge in [-0.25, -0.2) is 0 Å². The van der Waals surface area contributed by atoms with Gasteiger partial charge in [-0.15, -0.1) is 0 Å². The van der Waals surface area contributed by atoms with Gasteiger partial charge in [0.2, 0.25) is 0 Å². The molecule has 3 rings (SSSR count). The van der Waals surface area contributed by atoms with Crippen LogP contribution in [0.3, 0.4) is 0 Å². The van der Waals surface area contributed by atoms with Crippen LogP contribution in [0.4, 0.5) is 0 Å². The Morgan fingerprint density at radius 1 is 1.15 bits per heavy atom. The molecule has 2 nitrogen and oxygen atoms in total. The highest BCUT2D eigenvalue weighted by Gasteiger charge is 2.24. The van der Waals surface area contributed by atoms with E-state index < -0.39 is 0 Å². The number of hydrogen-bond acceptors (Lipinski definition) is 2. The van der Waals surface area contributed by atoms with Crippen LogP contribution in [0.5, 0.6) is 5.75 Å². The van der Waals surface area contributed by atoms with Gasteiger partial charge in [0, 0.05) is 5.02 Å². The molecule has 0 aromatic heterocycles. The number of nitrogens with one attached hydrogen (secondary N) is 1. The van der Waals surface area contributed by atoms with Crippen molar-refractivity contribution in [3.05, 3.63) is 64.7 Å². The van der Waals surface area contributed by atoms with E-state index in [9.17, 15) is 0 Å². The molecule has 1 unspecified atom stereocenters. The summed E-state index contributed by atoms with van der Waals surface area (Å²) < 4.78 is 5.87. The highest BCUT2D eigenvalue weighted by atomic mass is 35.5. The first-order chi connectivity index (χ1) is 9.78. The first-order valence-corrected chi connectivity index (χ1v) is 7.34. The molecule has 1 atom stereocenters. The van der Waals surface area contributed by atoms with Crippen LogP contribution in [0.15, 0.2) is 48.5 Å². The molecule has 104 valence electrons. The molecule has 2 aromatic rings. The van der Waals surface area contributed by atoms with E-state index in [0.717, 1.165) is 16.3 Å². The summed E-state index contributed by atoms with van der Waals surface area (Å²) in [5.41, 5.74) is 2.25. The molecule has 0 heterocycles. The van der Waals surface area contributed by atoms with Crippen molar-refractivity contribution in [3.63, 3.8) is 0 Å². The van der Waals surface area contributed by atoms with Gasteiger partial charge in [-0.1, -0.05) is 41.9 Å². The van der Waals surface area contributed by atoms with Crippen molar-refractivity contribution in [2.75, 3.05) is 7.05 Å². The molecule has 3 heteroatoms. The summed E-state index contributed by atoms with van der Waals surface area (Å²) in [6, 6.07) is 16.3. The summed E-state index contributed by atoms with van der Waals surface area (Å²) >= 11 is 6.31. The number of hydrogen-bond donors (Lipinski definition) is 1. The normalized spacial score (nSPS) is 15.9. The average molecular weight is 288 g/mol. The third kappa shape index (κ3) is 2.97. The molecular weight excluding hydrogens is 270 g/mol. The monoisotopic (exact) mass is 287 g/mol. The molecule has 20 heavy (non-hydrogen) atoms. The minimum atomic E-state index is 0.0754. The molecule has 0 saturated heterocycles. The number of halogens is 1. The van der Waals surface area contributed by atoms with Crippen LogP contribution in [0.1, 0.15) is 30.0 Å². The van der Waals surface area contributed by atoms with E-state index in [4.69, 9.17) is 16.3 Å². The van der Waals surface area contributed by atoms with Gasteiger partial charge in [-0.2, -0.15) is 0 Å². The van der Waals surface area contributed by atoms with Crippen LogP contribution < -0.4 is 10.1 Å². The molecule has 0 amide bonds. The molecule has 0 aliphatic heterocycles. The van der Waals surface area contributed by atoms with Crippen molar-refractivity contribution in [2.24, 2.45) is 0 Å². The lowest BCUT2D eigenvalue weighted by Gasteiger charge is -2.19. The van der Waals surface area contributed by atoms with Crippen LogP contribution in [0.25, 0.3) is 0 Å². The van der Waals surface area contributed by atoms with E-state index in [1.807, 2.05) is 37.4 Å². The quantitative estimate of drug-likeness (QED) is 0.890. The van der Waals surface area contributed by atoms with Gasteiger partial charge in [0.15, 0.2) is 0 Å². The Bertz CT molecular complexity index is 595. The Kier molecular flexibility index (Phi) is 3.95. The van der Waals surface area contributed by atoms with Crippen molar-refractivity contribution in [2.45, 2.75) is 25.0 Å². The SMILES string of the molecule is CNC(c1cccc(OC2CC2)c1)c1ccccc1Cl. The molecule has 0 radical (unpaired) electrons. The molecule has 1 fully saturated rings. The number of benzene rings is 2. The van der Waals surface area contributed by atoms with Gasteiger partial charge in [-0.3, -0.25) is 0 Å². The predicted molar refractivity (Wildman–Crippen MR) is 82.4 cm³/mol.